The minimum absolute atomic E-state index is 0.282. The van der Waals surface area contributed by atoms with E-state index >= 15 is 0 Å². The zero-order chi connectivity index (χ0) is 8.55. The predicted octanol–water partition coefficient (Wildman–Crippen LogP) is 1.78. The van der Waals surface area contributed by atoms with E-state index in [1.54, 1.807) is 0 Å². The highest BCUT2D eigenvalue weighted by atomic mass is 79.9. The van der Waals surface area contributed by atoms with Crippen LogP contribution >= 0.6 is 15.9 Å². The van der Waals surface area contributed by atoms with Crippen LogP contribution in [0.3, 0.4) is 0 Å². The van der Waals surface area contributed by atoms with Gasteiger partial charge in [0, 0.05) is 12.6 Å². The van der Waals surface area contributed by atoms with Crippen molar-refractivity contribution in [1.82, 2.24) is 4.90 Å². The van der Waals surface area contributed by atoms with Crippen molar-refractivity contribution in [3.63, 3.8) is 0 Å². The minimum Gasteiger partial charge on any atom is -0.339 e. The van der Waals surface area contributed by atoms with E-state index in [2.05, 4.69) is 20.8 Å². The highest BCUT2D eigenvalue weighted by Crippen LogP contribution is 2.34. The lowest BCUT2D eigenvalue weighted by Gasteiger charge is -2.45. The fourth-order valence-electron chi connectivity index (χ4n) is 2.45. The van der Waals surface area contributed by atoms with Gasteiger partial charge in [-0.05, 0) is 31.6 Å². The van der Waals surface area contributed by atoms with E-state index in [1.165, 1.54) is 25.7 Å². The Bertz CT molecular complexity index is 187. The number of carbonyl (C=O) groups is 1. The third-order valence-electron chi connectivity index (χ3n) is 3.15. The van der Waals surface area contributed by atoms with Crippen molar-refractivity contribution in [1.29, 1.82) is 0 Å². The molecule has 2 bridgehead atoms. The SMILES string of the molecule is O=C(CBr)N1CC2CCC1CC2. The van der Waals surface area contributed by atoms with Gasteiger partial charge in [0.25, 0.3) is 0 Å². The lowest BCUT2D eigenvalue weighted by molar-refractivity contribution is -0.135. The van der Waals surface area contributed by atoms with Gasteiger partial charge in [0.1, 0.15) is 0 Å². The van der Waals surface area contributed by atoms with Gasteiger partial charge in [0.15, 0.2) is 0 Å². The van der Waals surface area contributed by atoms with E-state index in [0.29, 0.717) is 11.4 Å². The number of fused-ring (bicyclic) bond motifs is 3. The summed E-state index contributed by atoms with van der Waals surface area (Å²) < 4.78 is 0. The Balaban J connectivity index is 2.03. The van der Waals surface area contributed by atoms with E-state index in [4.69, 9.17) is 0 Å². The van der Waals surface area contributed by atoms with Crippen molar-refractivity contribution in [3.8, 4) is 0 Å². The first kappa shape index (κ1) is 8.54. The molecule has 0 aromatic rings. The zero-order valence-corrected chi connectivity index (χ0v) is 8.72. The Morgan fingerprint density at radius 2 is 2.00 bits per heavy atom. The first-order chi connectivity index (χ1) is 5.81. The van der Waals surface area contributed by atoms with Gasteiger partial charge in [-0.15, -0.1) is 0 Å². The molecular weight excluding hydrogens is 218 g/mol. The number of hydrogen-bond donors (Lipinski definition) is 0. The van der Waals surface area contributed by atoms with Crippen molar-refractivity contribution >= 4 is 21.8 Å². The van der Waals surface area contributed by atoms with Crippen LogP contribution in [0, 0.1) is 5.92 Å². The molecule has 2 saturated heterocycles. The number of amides is 1. The third kappa shape index (κ3) is 1.39. The summed E-state index contributed by atoms with van der Waals surface area (Å²) in [6.07, 6.45) is 5.17. The molecule has 1 amide bonds. The Kier molecular flexibility index (Phi) is 2.40. The van der Waals surface area contributed by atoms with Crippen molar-refractivity contribution in [2.75, 3.05) is 11.9 Å². The largest absolute Gasteiger partial charge is 0.339 e. The first-order valence-corrected chi connectivity index (χ1v) is 5.79. The number of alkyl halides is 1. The van der Waals surface area contributed by atoms with Gasteiger partial charge in [0.05, 0.1) is 5.33 Å². The van der Waals surface area contributed by atoms with Crippen molar-refractivity contribution in [2.45, 2.75) is 31.7 Å². The summed E-state index contributed by atoms with van der Waals surface area (Å²) in [5, 5.41) is 0.496. The van der Waals surface area contributed by atoms with Crippen LogP contribution in [0.15, 0.2) is 0 Å². The molecule has 2 aliphatic heterocycles. The number of hydrogen-bond acceptors (Lipinski definition) is 1. The highest BCUT2D eigenvalue weighted by molar-refractivity contribution is 9.09. The summed E-state index contributed by atoms with van der Waals surface area (Å²) in [7, 11) is 0. The second-order valence-corrected chi connectivity index (χ2v) is 4.42. The molecule has 3 fully saturated rings. The molecule has 0 N–H and O–H groups in total. The average Bonchev–Trinajstić information content (AvgIpc) is 2.18. The number of piperidine rings is 2. The van der Waals surface area contributed by atoms with Gasteiger partial charge in [-0.25, -0.2) is 0 Å². The average molecular weight is 232 g/mol. The summed E-state index contributed by atoms with van der Waals surface area (Å²) in [4.78, 5) is 13.5. The second kappa shape index (κ2) is 3.36. The molecule has 0 aromatic heterocycles. The number of halogens is 1. The molecule has 1 aliphatic carbocycles. The van der Waals surface area contributed by atoms with Crippen LogP contribution in [-0.2, 0) is 4.79 Å². The molecule has 0 radical (unpaired) electrons. The lowest BCUT2D eigenvalue weighted by Crippen LogP contribution is -2.51. The maximum absolute atomic E-state index is 11.4. The van der Waals surface area contributed by atoms with Crippen LogP contribution in [-0.4, -0.2) is 28.7 Å². The maximum atomic E-state index is 11.4. The van der Waals surface area contributed by atoms with E-state index < -0.39 is 0 Å². The van der Waals surface area contributed by atoms with Gasteiger partial charge in [0.2, 0.25) is 5.91 Å². The van der Waals surface area contributed by atoms with Gasteiger partial charge in [-0.1, -0.05) is 15.9 Å². The Morgan fingerprint density at radius 3 is 2.42 bits per heavy atom. The van der Waals surface area contributed by atoms with Crippen molar-refractivity contribution in [3.05, 3.63) is 0 Å². The van der Waals surface area contributed by atoms with Crippen LogP contribution in [0.4, 0.5) is 0 Å². The van der Waals surface area contributed by atoms with Gasteiger partial charge in [-0.3, -0.25) is 4.79 Å². The first-order valence-electron chi connectivity index (χ1n) is 4.66. The van der Waals surface area contributed by atoms with Crippen LogP contribution in [0.25, 0.3) is 0 Å². The van der Waals surface area contributed by atoms with Crippen molar-refractivity contribution < 1.29 is 4.79 Å². The molecule has 0 atom stereocenters. The Morgan fingerprint density at radius 1 is 1.33 bits per heavy atom. The molecule has 3 heteroatoms. The van der Waals surface area contributed by atoms with Crippen LogP contribution in [0.1, 0.15) is 25.7 Å². The fraction of sp³-hybridized carbons (Fsp3) is 0.889. The maximum Gasteiger partial charge on any atom is 0.233 e. The molecule has 1 saturated carbocycles. The standard InChI is InChI=1S/C9H14BrNO/c10-5-9(12)11-6-7-1-3-8(11)4-2-7/h7-8H,1-6H2. The van der Waals surface area contributed by atoms with Crippen LogP contribution < -0.4 is 0 Å². The van der Waals surface area contributed by atoms with E-state index in [9.17, 15) is 4.79 Å². The molecule has 68 valence electrons. The molecular formula is C9H14BrNO. The van der Waals surface area contributed by atoms with E-state index in [1.807, 2.05) is 0 Å². The molecule has 2 heterocycles. The lowest BCUT2D eigenvalue weighted by atomic mass is 9.80. The molecule has 3 rings (SSSR count). The summed E-state index contributed by atoms with van der Waals surface area (Å²) in [5.74, 6) is 1.09. The van der Waals surface area contributed by atoms with Gasteiger partial charge < -0.3 is 4.90 Å². The molecule has 3 aliphatic rings. The van der Waals surface area contributed by atoms with Gasteiger partial charge >= 0.3 is 0 Å². The minimum atomic E-state index is 0.282. The quantitative estimate of drug-likeness (QED) is 0.631. The van der Waals surface area contributed by atoms with E-state index in [-0.39, 0.29) is 5.91 Å². The predicted molar refractivity (Wildman–Crippen MR) is 51.3 cm³/mol. The van der Waals surface area contributed by atoms with E-state index in [0.717, 1.165) is 12.5 Å². The molecule has 12 heavy (non-hydrogen) atoms. The number of rotatable bonds is 1. The topological polar surface area (TPSA) is 20.3 Å². The third-order valence-corrected chi connectivity index (χ3v) is 3.63. The second-order valence-electron chi connectivity index (χ2n) is 3.85. The molecule has 2 nitrogen and oxygen atoms in total. The smallest absolute Gasteiger partial charge is 0.233 e. The van der Waals surface area contributed by atoms with Gasteiger partial charge in [-0.2, -0.15) is 0 Å². The normalized spacial score (nSPS) is 33.9. The Hall–Kier alpha value is -0.0500. The zero-order valence-electron chi connectivity index (χ0n) is 7.13. The molecule has 0 unspecified atom stereocenters. The summed E-state index contributed by atoms with van der Waals surface area (Å²) in [5.41, 5.74) is 0. The van der Waals surface area contributed by atoms with Crippen molar-refractivity contribution in [2.24, 2.45) is 5.92 Å². The summed E-state index contributed by atoms with van der Waals surface area (Å²) >= 11 is 3.23. The summed E-state index contributed by atoms with van der Waals surface area (Å²) in [6, 6.07) is 0.569. The highest BCUT2D eigenvalue weighted by Gasteiger charge is 2.35. The summed E-state index contributed by atoms with van der Waals surface area (Å²) in [6.45, 7) is 1.02. The number of carbonyl (C=O) groups excluding carboxylic acids is 1. The fourth-order valence-corrected chi connectivity index (χ4v) is 2.77. The van der Waals surface area contributed by atoms with Crippen LogP contribution in [0.5, 0.6) is 0 Å². The number of nitrogens with zero attached hydrogens (tertiary/aromatic N) is 1. The Labute approximate surface area is 81.4 Å². The monoisotopic (exact) mass is 231 g/mol. The van der Waals surface area contributed by atoms with Crippen LogP contribution in [0.2, 0.25) is 0 Å². The molecule has 0 aromatic carbocycles. The molecule has 0 spiro atoms.